The van der Waals surface area contributed by atoms with Gasteiger partial charge < -0.3 is 20.5 Å². The molecule has 25 heavy (non-hydrogen) atoms. The van der Waals surface area contributed by atoms with Gasteiger partial charge in [0.25, 0.3) is 0 Å². The van der Waals surface area contributed by atoms with E-state index in [1.807, 2.05) is 0 Å². The van der Waals surface area contributed by atoms with Crippen molar-refractivity contribution in [3.05, 3.63) is 30.5 Å². The molecule has 0 radical (unpaired) electrons. The minimum Gasteiger partial charge on any atom is -0.465 e. The Morgan fingerprint density at radius 3 is 2.64 bits per heavy atom. The number of benzene rings is 1. The Balaban J connectivity index is 1.82. The highest BCUT2D eigenvalue weighted by Gasteiger charge is 2.07. The highest BCUT2D eigenvalue weighted by Crippen LogP contribution is 2.30. The molecule has 0 fully saturated rings. The number of urea groups is 1. The molecule has 0 unspecified atom stereocenters. The lowest BCUT2D eigenvalue weighted by Gasteiger charge is -2.08. The molecule has 0 aliphatic carbocycles. The summed E-state index contributed by atoms with van der Waals surface area (Å²) in [7, 11) is 0. The smallest absolute Gasteiger partial charge is 0.410 e. The molecule has 2 rings (SSSR count). The van der Waals surface area contributed by atoms with Gasteiger partial charge in [0.1, 0.15) is 5.75 Å². The van der Waals surface area contributed by atoms with E-state index in [9.17, 15) is 9.59 Å². The molecule has 1 aromatic carbocycles. The molecular formula is C16H20N4O4S. The second-order valence-electron chi connectivity index (χ2n) is 5.13. The van der Waals surface area contributed by atoms with E-state index in [1.165, 1.54) is 6.20 Å². The van der Waals surface area contributed by atoms with Gasteiger partial charge in [0.15, 0.2) is 5.13 Å². The Hall–Kier alpha value is -2.81. The predicted molar refractivity (Wildman–Crippen MR) is 96.8 cm³/mol. The van der Waals surface area contributed by atoms with Crippen LogP contribution >= 0.6 is 11.3 Å². The number of carbonyl (C=O) groups excluding carboxylic acids is 1. The van der Waals surface area contributed by atoms with Crippen molar-refractivity contribution in [3.8, 4) is 10.8 Å². The van der Waals surface area contributed by atoms with Gasteiger partial charge in [-0.15, -0.1) is 0 Å². The topological polar surface area (TPSA) is 113 Å². The molecule has 0 aliphatic rings. The number of carboxylic acid groups (broad SMARTS) is 1. The van der Waals surface area contributed by atoms with Gasteiger partial charge in [-0.3, -0.25) is 5.32 Å². The maximum Gasteiger partial charge on any atom is 0.410 e. The second-order valence-corrected chi connectivity index (χ2v) is 6.12. The minimum atomic E-state index is -1.18. The van der Waals surface area contributed by atoms with Crippen molar-refractivity contribution >= 4 is 34.3 Å². The summed E-state index contributed by atoms with van der Waals surface area (Å²) in [6.07, 6.45) is 3.42. The summed E-state index contributed by atoms with van der Waals surface area (Å²) in [4.78, 5) is 26.2. The molecule has 0 spiro atoms. The van der Waals surface area contributed by atoms with Crippen molar-refractivity contribution in [2.45, 2.75) is 26.2 Å². The number of rotatable bonds is 8. The molecule has 0 saturated carbocycles. The Labute approximate surface area is 149 Å². The van der Waals surface area contributed by atoms with Crippen LogP contribution in [0.2, 0.25) is 0 Å². The van der Waals surface area contributed by atoms with Crippen molar-refractivity contribution in [1.29, 1.82) is 0 Å². The molecule has 2 aromatic rings. The fourth-order valence-electron chi connectivity index (χ4n) is 1.93. The van der Waals surface area contributed by atoms with Gasteiger partial charge in [0.2, 0.25) is 5.06 Å². The van der Waals surface area contributed by atoms with Crippen molar-refractivity contribution < 1.29 is 19.4 Å². The van der Waals surface area contributed by atoms with Gasteiger partial charge in [-0.1, -0.05) is 31.1 Å². The SMILES string of the molecule is CCCCCNC(=O)Nc1ccc(Oc2cnc(NC(=O)O)s2)cc1. The quantitative estimate of drug-likeness (QED) is 0.521. The monoisotopic (exact) mass is 364 g/mol. The number of hydrogen-bond acceptors (Lipinski definition) is 5. The number of anilines is 2. The normalized spacial score (nSPS) is 10.1. The summed E-state index contributed by atoms with van der Waals surface area (Å²) in [6, 6.07) is 6.61. The molecule has 1 heterocycles. The molecule has 0 saturated heterocycles. The molecular weight excluding hydrogens is 344 g/mol. The van der Waals surface area contributed by atoms with Crippen molar-refractivity contribution in [2.24, 2.45) is 0 Å². The lowest BCUT2D eigenvalue weighted by atomic mass is 10.2. The average Bonchev–Trinajstić information content (AvgIpc) is 2.99. The molecule has 3 amide bonds. The summed E-state index contributed by atoms with van der Waals surface area (Å²) in [5.41, 5.74) is 0.651. The Kier molecular flexibility index (Phi) is 7.02. The molecule has 4 N–H and O–H groups in total. The Morgan fingerprint density at radius 1 is 1.20 bits per heavy atom. The van der Waals surface area contributed by atoms with Crippen LogP contribution in [-0.2, 0) is 0 Å². The number of amides is 3. The molecule has 1 aromatic heterocycles. The van der Waals surface area contributed by atoms with Crippen LogP contribution < -0.4 is 20.7 Å². The lowest BCUT2D eigenvalue weighted by Crippen LogP contribution is -2.29. The number of carbonyl (C=O) groups is 2. The van der Waals surface area contributed by atoms with Crippen molar-refractivity contribution in [2.75, 3.05) is 17.2 Å². The first kappa shape index (κ1) is 18.5. The largest absolute Gasteiger partial charge is 0.465 e. The van der Waals surface area contributed by atoms with E-state index in [2.05, 4.69) is 27.9 Å². The summed E-state index contributed by atoms with van der Waals surface area (Å²) in [5.74, 6) is 0.555. The number of hydrogen-bond donors (Lipinski definition) is 4. The van der Waals surface area contributed by atoms with E-state index in [1.54, 1.807) is 24.3 Å². The van der Waals surface area contributed by atoms with Crippen LogP contribution in [0.15, 0.2) is 30.5 Å². The standard InChI is InChI=1S/C16H20N4O4S/c1-2-3-4-9-17-14(21)19-11-5-7-12(8-6-11)24-13-10-18-15(25-13)20-16(22)23/h5-8,10H,2-4,9H2,1H3,(H,18,20)(H,22,23)(H2,17,19,21). The highest BCUT2D eigenvalue weighted by molar-refractivity contribution is 7.17. The first-order valence-electron chi connectivity index (χ1n) is 7.85. The van der Waals surface area contributed by atoms with Gasteiger partial charge in [-0.25, -0.2) is 14.6 Å². The maximum atomic E-state index is 11.7. The average molecular weight is 364 g/mol. The summed E-state index contributed by atoms with van der Waals surface area (Å²) in [6.45, 7) is 2.76. The minimum absolute atomic E-state index is 0.237. The van der Waals surface area contributed by atoms with Crippen LogP contribution in [0.5, 0.6) is 10.8 Å². The number of ether oxygens (including phenoxy) is 1. The Morgan fingerprint density at radius 2 is 1.96 bits per heavy atom. The fraction of sp³-hybridized carbons (Fsp3) is 0.312. The van der Waals surface area contributed by atoms with Gasteiger partial charge in [0.05, 0.1) is 6.20 Å². The second kappa shape index (κ2) is 9.48. The third kappa shape index (κ3) is 6.68. The predicted octanol–water partition coefficient (Wildman–Crippen LogP) is 4.34. The highest BCUT2D eigenvalue weighted by atomic mass is 32.1. The molecule has 9 heteroatoms. The number of thiazole rings is 1. The fourth-order valence-corrected chi connectivity index (χ4v) is 2.61. The zero-order chi connectivity index (χ0) is 18.1. The first-order valence-corrected chi connectivity index (χ1v) is 8.67. The van der Waals surface area contributed by atoms with E-state index in [4.69, 9.17) is 9.84 Å². The number of nitrogens with one attached hydrogen (secondary N) is 3. The zero-order valence-electron chi connectivity index (χ0n) is 13.7. The van der Waals surface area contributed by atoms with Crippen molar-refractivity contribution in [1.82, 2.24) is 10.3 Å². The van der Waals surface area contributed by atoms with E-state index in [-0.39, 0.29) is 11.2 Å². The van der Waals surface area contributed by atoms with Crippen LogP contribution in [0, 0.1) is 0 Å². The number of nitrogens with zero attached hydrogens (tertiary/aromatic N) is 1. The van der Waals surface area contributed by atoms with Crippen LogP contribution in [0.1, 0.15) is 26.2 Å². The summed E-state index contributed by atoms with van der Waals surface area (Å²) < 4.78 is 5.59. The van der Waals surface area contributed by atoms with E-state index in [0.717, 1.165) is 30.6 Å². The maximum absolute atomic E-state index is 11.7. The van der Waals surface area contributed by atoms with E-state index >= 15 is 0 Å². The molecule has 0 atom stereocenters. The third-order valence-electron chi connectivity index (χ3n) is 3.09. The van der Waals surface area contributed by atoms with Gasteiger partial charge in [0, 0.05) is 12.2 Å². The zero-order valence-corrected chi connectivity index (χ0v) is 14.6. The van der Waals surface area contributed by atoms with Gasteiger partial charge in [-0.05, 0) is 30.7 Å². The van der Waals surface area contributed by atoms with E-state index < -0.39 is 6.09 Å². The van der Waals surface area contributed by atoms with Crippen molar-refractivity contribution in [3.63, 3.8) is 0 Å². The summed E-state index contributed by atoms with van der Waals surface area (Å²) in [5, 5.41) is 17.0. The number of aromatic nitrogens is 1. The van der Waals surface area contributed by atoms with Crippen LogP contribution in [0.4, 0.5) is 20.4 Å². The van der Waals surface area contributed by atoms with Crippen LogP contribution in [-0.4, -0.2) is 28.8 Å². The summed E-state index contributed by atoms with van der Waals surface area (Å²) >= 11 is 1.08. The first-order chi connectivity index (χ1) is 12.1. The van der Waals surface area contributed by atoms with Gasteiger partial charge >= 0.3 is 12.1 Å². The Bertz CT molecular complexity index is 702. The number of unbranched alkanes of at least 4 members (excludes halogenated alkanes) is 2. The third-order valence-corrected chi connectivity index (χ3v) is 3.89. The molecule has 0 bridgehead atoms. The molecule has 0 aliphatic heterocycles. The lowest BCUT2D eigenvalue weighted by molar-refractivity contribution is 0.209. The molecule has 134 valence electrons. The van der Waals surface area contributed by atoms with Gasteiger partial charge in [-0.2, -0.15) is 0 Å². The van der Waals surface area contributed by atoms with Crippen LogP contribution in [0.3, 0.4) is 0 Å². The molecule has 8 nitrogen and oxygen atoms in total. The van der Waals surface area contributed by atoms with Crippen LogP contribution in [0.25, 0.3) is 0 Å². The van der Waals surface area contributed by atoms with E-state index in [0.29, 0.717) is 23.0 Å².